The van der Waals surface area contributed by atoms with E-state index in [4.69, 9.17) is 27.9 Å². The van der Waals surface area contributed by atoms with Crippen LogP contribution in [-0.4, -0.2) is 39.3 Å². The summed E-state index contributed by atoms with van der Waals surface area (Å²) in [6.07, 6.45) is 0. The number of ether oxygens (including phenoxy) is 1. The molecule has 0 aromatic heterocycles. The molecule has 0 spiro atoms. The molecular weight excluding hydrogens is 399 g/mol. The molecule has 1 N–H and O–H groups in total. The van der Waals surface area contributed by atoms with E-state index in [1.165, 1.54) is 20.2 Å². The van der Waals surface area contributed by atoms with Gasteiger partial charge < -0.3 is 10.1 Å². The molecule has 0 aliphatic heterocycles. The maximum atomic E-state index is 12.3. The summed E-state index contributed by atoms with van der Waals surface area (Å²) < 4.78 is 31.2. The van der Waals surface area contributed by atoms with Crippen molar-refractivity contribution in [1.29, 1.82) is 0 Å². The van der Waals surface area contributed by atoms with Crippen LogP contribution in [0.5, 0.6) is 5.75 Å². The molecule has 1 amide bonds. The van der Waals surface area contributed by atoms with Crippen LogP contribution in [0.25, 0.3) is 0 Å². The van der Waals surface area contributed by atoms with Gasteiger partial charge in [0.1, 0.15) is 0 Å². The highest BCUT2D eigenvalue weighted by Crippen LogP contribution is 2.32. The van der Waals surface area contributed by atoms with Crippen LogP contribution in [0.3, 0.4) is 0 Å². The minimum atomic E-state index is -3.61. The minimum absolute atomic E-state index is 0.0433. The second-order valence-corrected chi connectivity index (χ2v) is 8.45. The van der Waals surface area contributed by atoms with Gasteiger partial charge in [-0.15, -0.1) is 0 Å². The number of hydrogen-bond donors (Lipinski definition) is 1. The van der Waals surface area contributed by atoms with Gasteiger partial charge in [0.05, 0.1) is 14.9 Å². The van der Waals surface area contributed by atoms with Crippen LogP contribution in [-0.2, 0) is 21.4 Å². The Morgan fingerprint density at radius 3 is 2.31 bits per heavy atom. The Hall–Kier alpha value is -1.80. The summed E-state index contributed by atoms with van der Waals surface area (Å²) in [7, 11) is -0.706. The number of carbonyl (C=O) groups excluding carboxylic acids is 1. The third kappa shape index (κ3) is 4.88. The number of hydrogen-bond acceptors (Lipinski definition) is 4. The molecule has 26 heavy (non-hydrogen) atoms. The van der Waals surface area contributed by atoms with Gasteiger partial charge in [0.25, 0.3) is 5.91 Å². The molecule has 0 bridgehead atoms. The topological polar surface area (TPSA) is 75.7 Å². The first-order chi connectivity index (χ1) is 12.2. The fraction of sp³-hybridized carbons (Fsp3) is 0.235. The number of halogens is 2. The van der Waals surface area contributed by atoms with Gasteiger partial charge in [0.2, 0.25) is 10.0 Å². The normalized spacial score (nSPS) is 11.4. The van der Waals surface area contributed by atoms with Crippen molar-refractivity contribution in [1.82, 2.24) is 9.62 Å². The molecule has 2 aromatic rings. The lowest BCUT2D eigenvalue weighted by atomic mass is 10.2. The van der Waals surface area contributed by atoms with Crippen molar-refractivity contribution in [3.8, 4) is 5.75 Å². The fourth-order valence-corrected chi connectivity index (χ4v) is 3.72. The average Bonchev–Trinajstić information content (AvgIpc) is 2.59. The van der Waals surface area contributed by atoms with Gasteiger partial charge in [-0.2, -0.15) is 0 Å². The smallest absolute Gasteiger partial charge is 0.258 e. The van der Waals surface area contributed by atoms with Crippen LogP contribution in [0.1, 0.15) is 5.56 Å². The third-order valence-corrected chi connectivity index (χ3v) is 5.98. The molecule has 0 heterocycles. The molecule has 0 unspecified atom stereocenters. The predicted octanol–water partition coefficient (Wildman–Crippen LogP) is 2.94. The summed E-state index contributed by atoms with van der Waals surface area (Å²) in [6, 6.07) is 11.3. The van der Waals surface area contributed by atoms with E-state index in [1.807, 2.05) is 0 Å². The second kappa shape index (κ2) is 8.73. The summed E-state index contributed by atoms with van der Waals surface area (Å²) in [5.74, 6) is -0.209. The zero-order valence-electron chi connectivity index (χ0n) is 14.2. The number of para-hydroxylation sites is 1. The van der Waals surface area contributed by atoms with E-state index in [-0.39, 0.29) is 23.8 Å². The van der Waals surface area contributed by atoms with Gasteiger partial charge in [-0.25, -0.2) is 12.7 Å². The summed E-state index contributed by atoms with van der Waals surface area (Å²) in [5, 5.41) is 3.22. The van der Waals surface area contributed by atoms with Crippen LogP contribution in [0.15, 0.2) is 47.4 Å². The van der Waals surface area contributed by atoms with Crippen molar-refractivity contribution in [2.45, 2.75) is 11.4 Å². The number of rotatable bonds is 7. The fourth-order valence-electron chi connectivity index (χ4n) is 2.10. The Kier molecular flexibility index (Phi) is 6.88. The lowest BCUT2D eigenvalue weighted by Crippen LogP contribution is -2.30. The van der Waals surface area contributed by atoms with E-state index in [2.05, 4.69) is 5.32 Å². The van der Waals surface area contributed by atoms with Crippen molar-refractivity contribution in [2.75, 3.05) is 20.7 Å². The van der Waals surface area contributed by atoms with Gasteiger partial charge in [0.15, 0.2) is 12.4 Å². The summed E-state index contributed by atoms with van der Waals surface area (Å²) >= 11 is 11.9. The van der Waals surface area contributed by atoms with Gasteiger partial charge in [-0.3, -0.25) is 4.79 Å². The Balaban J connectivity index is 2.03. The molecular formula is C17H18Cl2N2O4S. The quantitative estimate of drug-likeness (QED) is 0.752. The highest BCUT2D eigenvalue weighted by molar-refractivity contribution is 7.89. The predicted molar refractivity (Wildman–Crippen MR) is 101 cm³/mol. The molecule has 0 aliphatic rings. The van der Waals surface area contributed by atoms with Crippen LogP contribution in [0.2, 0.25) is 10.0 Å². The molecule has 0 radical (unpaired) electrons. The Labute approximate surface area is 162 Å². The third-order valence-electron chi connectivity index (χ3n) is 3.47. The summed E-state index contributed by atoms with van der Waals surface area (Å²) in [4.78, 5) is 12.2. The summed E-state index contributed by atoms with van der Waals surface area (Å²) in [5.41, 5.74) is 0.477. The van der Waals surface area contributed by atoms with Crippen LogP contribution < -0.4 is 10.1 Å². The average molecular weight is 417 g/mol. The molecule has 0 saturated heterocycles. The Bertz CT molecular complexity index is 881. The first kappa shape index (κ1) is 20.5. The second-order valence-electron chi connectivity index (χ2n) is 5.51. The molecule has 2 rings (SSSR count). The lowest BCUT2D eigenvalue weighted by Gasteiger charge is -2.15. The molecule has 2 aromatic carbocycles. The zero-order valence-corrected chi connectivity index (χ0v) is 16.5. The molecule has 0 saturated carbocycles. The Morgan fingerprint density at radius 1 is 1.08 bits per heavy atom. The monoisotopic (exact) mass is 416 g/mol. The maximum Gasteiger partial charge on any atom is 0.258 e. The van der Waals surface area contributed by atoms with E-state index < -0.39 is 15.9 Å². The SMILES string of the molecule is CN(C)S(=O)(=O)c1ccccc1CNC(=O)COc1c(Cl)cccc1Cl. The van der Waals surface area contributed by atoms with Crippen LogP contribution in [0.4, 0.5) is 0 Å². The van der Waals surface area contributed by atoms with Crippen molar-refractivity contribution in [3.05, 3.63) is 58.1 Å². The van der Waals surface area contributed by atoms with E-state index >= 15 is 0 Å². The first-order valence-corrected chi connectivity index (χ1v) is 9.77. The van der Waals surface area contributed by atoms with Crippen LogP contribution in [0, 0.1) is 0 Å². The lowest BCUT2D eigenvalue weighted by molar-refractivity contribution is -0.123. The number of carbonyl (C=O) groups is 1. The van der Waals surface area contributed by atoms with E-state index in [0.29, 0.717) is 15.6 Å². The minimum Gasteiger partial charge on any atom is -0.481 e. The highest BCUT2D eigenvalue weighted by atomic mass is 35.5. The Morgan fingerprint density at radius 2 is 1.69 bits per heavy atom. The van der Waals surface area contributed by atoms with Crippen molar-refractivity contribution in [3.63, 3.8) is 0 Å². The maximum absolute atomic E-state index is 12.3. The van der Waals surface area contributed by atoms with E-state index in [0.717, 1.165) is 4.31 Å². The number of sulfonamides is 1. The van der Waals surface area contributed by atoms with Crippen LogP contribution >= 0.6 is 23.2 Å². The number of nitrogens with one attached hydrogen (secondary N) is 1. The van der Waals surface area contributed by atoms with Gasteiger partial charge in [-0.05, 0) is 23.8 Å². The first-order valence-electron chi connectivity index (χ1n) is 7.57. The van der Waals surface area contributed by atoms with Gasteiger partial charge in [0, 0.05) is 20.6 Å². The largest absolute Gasteiger partial charge is 0.481 e. The van der Waals surface area contributed by atoms with E-state index in [9.17, 15) is 13.2 Å². The van der Waals surface area contributed by atoms with Crippen molar-refractivity contribution >= 4 is 39.1 Å². The number of nitrogens with zero attached hydrogens (tertiary/aromatic N) is 1. The summed E-state index contributed by atoms with van der Waals surface area (Å²) in [6.45, 7) is -0.256. The highest BCUT2D eigenvalue weighted by Gasteiger charge is 2.20. The number of benzene rings is 2. The molecule has 0 aliphatic carbocycles. The molecule has 140 valence electrons. The van der Waals surface area contributed by atoms with Crippen molar-refractivity contribution < 1.29 is 17.9 Å². The molecule has 0 fully saturated rings. The standard InChI is InChI=1S/C17H18Cl2N2O4S/c1-21(2)26(23,24)15-9-4-3-6-12(15)10-20-16(22)11-25-17-13(18)7-5-8-14(17)19/h3-9H,10-11H2,1-2H3,(H,20,22). The molecule has 9 heteroatoms. The molecule has 6 nitrogen and oxygen atoms in total. The number of amides is 1. The van der Waals surface area contributed by atoms with Crippen molar-refractivity contribution in [2.24, 2.45) is 0 Å². The van der Waals surface area contributed by atoms with Gasteiger partial charge >= 0.3 is 0 Å². The van der Waals surface area contributed by atoms with Gasteiger partial charge in [-0.1, -0.05) is 47.5 Å². The molecule has 0 atom stereocenters. The van der Waals surface area contributed by atoms with E-state index in [1.54, 1.807) is 36.4 Å². The zero-order chi connectivity index (χ0) is 19.3.